The lowest BCUT2D eigenvalue weighted by Crippen LogP contribution is -2.36. The molecule has 3 aromatic rings. The highest BCUT2D eigenvalue weighted by atomic mass is 16.5. The van der Waals surface area contributed by atoms with Gasteiger partial charge < -0.3 is 9.64 Å². The normalized spacial score (nSPS) is 12.6. The molecule has 0 aliphatic heterocycles. The van der Waals surface area contributed by atoms with Gasteiger partial charge in [-0.15, -0.1) is 6.58 Å². The number of amides is 1. The first-order chi connectivity index (χ1) is 14.6. The third-order valence-electron chi connectivity index (χ3n) is 5.41. The molecule has 0 bridgehead atoms. The Morgan fingerprint density at radius 2 is 1.50 bits per heavy atom. The highest BCUT2D eigenvalue weighted by Crippen LogP contribution is 2.30. The second kappa shape index (κ2) is 10.4. The average molecular weight is 400 g/mol. The molecule has 0 aliphatic carbocycles. The Labute approximate surface area is 179 Å². The maximum absolute atomic E-state index is 13.6. The highest BCUT2D eigenvalue weighted by Gasteiger charge is 2.28. The third kappa shape index (κ3) is 5.38. The number of carbonyl (C=O) groups excluding carboxylic acids is 1. The SMILES string of the molecule is C=C[C@@H](c1cccc(OC)c1)[C@@H](C)C(=O)N(Cc1ccccc1)Cc1ccccc1. The Morgan fingerprint density at radius 3 is 2.00 bits per heavy atom. The monoisotopic (exact) mass is 399 g/mol. The number of methoxy groups -OCH3 is 1. The van der Waals surface area contributed by atoms with Crippen LogP contribution >= 0.6 is 0 Å². The number of rotatable bonds is 9. The van der Waals surface area contributed by atoms with Gasteiger partial charge in [0.05, 0.1) is 7.11 Å². The summed E-state index contributed by atoms with van der Waals surface area (Å²) in [5.41, 5.74) is 3.26. The molecule has 0 heterocycles. The van der Waals surface area contributed by atoms with Crippen LogP contribution in [0.1, 0.15) is 29.5 Å². The summed E-state index contributed by atoms with van der Waals surface area (Å²) in [7, 11) is 1.65. The molecule has 0 N–H and O–H groups in total. The quantitative estimate of drug-likeness (QED) is 0.424. The van der Waals surface area contributed by atoms with E-state index >= 15 is 0 Å². The van der Waals surface area contributed by atoms with Crippen molar-refractivity contribution in [3.05, 3.63) is 114 Å². The fourth-order valence-corrected chi connectivity index (χ4v) is 3.74. The number of ether oxygens (including phenoxy) is 1. The Hall–Kier alpha value is -3.33. The Balaban J connectivity index is 1.86. The van der Waals surface area contributed by atoms with E-state index in [9.17, 15) is 4.79 Å². The van der Waals surface area contributed by atoms with Crippen LogP contribution < -0.4 is 4.74 Å². The molecule has 3 nitrogen and oxygen atoms in total. The van der Waals surface area contributed by atoms with Crippen molar-refractivity contribution in [1.82, 2.24) is 4.90 Å². The molecule has 3 aromatic carbocycles. The molecule has 0 aliphatic rings. The van der Waals surface area contributed by atoms with E-state index in [0.717, 1.165) is 22.4 Å². The number of nitrogens with zero attached hydrogens (tertiary/aromatic N) is 1. The predicted octanol–water partition coefficient (Wildman–Crippen LogP) is 5.83. The lowest BCUT2D eigenvalue weighted by Gasteiger charge is -2.29. The van der Waals surface area contributed by atoms with Crippen LogP contribution in [0.4, 0.5) is 0 Å². The zero-order valence-electron chi connectivity index (χ0n) is 17.7. The fourth-order valence-electron chi connectivity index (χ4n) is 3.74. The van der Waals surface area contributed by atoms with E-state index in [2.05, 4.69) is 30.8 Å². The molecule has 0 aromatic heterocycles. The van der Waals surface area contributed by atoms with Crippen LogP contribution in [0.5, 0.6) is 5.75 Å². The molecular formula is C27H29NO2. The largest absolute Gasteiger partial charge is 0.497 e. The summed E-state index contributed by atoms with van der Waals surface area (Å²) in [6.07, 6.45) is 1.86. The van der Waals surface area contributed by atoms with Crippen molar-refractivity contribution in [1.29, 1.82) is 0 Å². The van der Waals surface area contributed by atoms with Gasteiger partial charge in [-0.25, -0.2) is 0 Å². The van der Waals surface area contributed by atoms with Crippen LogP contribution in [0, 0.1) is 5.92 Å². The van der Waals surface area contributed by atoms with Crippen LogP contribution in [-0.2, 0) is 17.9 Å². The standard InChI is InChI=1S/C27H29NO2/c1-4-26(24-16-11-17-25(18-24)30-3)21(2)27(29)28(19-22-12-7-5-8-13-22)20-23-14-9-6-10-15-23/h4-18,21,26H,1,19-20H2,2-3H3/t21-,26-/m1/s1. The molecule has 0 saturated carbocycles. The van der Waals surface area contributed by atoms with Gasteiger partial charge in [0.1, 0.15) is 5.75 Å². The Bertz CT molecular complexity index is 911. The molecule has 30 heavy (non-hydrogen) atoms. The number of hydrogen-bond acceptors (Lipinski definition) is 2. The predicted molar refractivity (Wildman–Crippen MR) is 122 cm³/mol. The zero-order chi connectivity index (χ0) is 21.3. The Morgan fingerprint density at radius 1 is 0.933 bits per heavy atom. The molecule has 3 heteroatoms. The van der Waals surface area contributed by atoms with Gasteiger partial charge in [0.25, 0.3) is 0 Å². The van der Waals surface area contributed by atoms with Crippen LogP contribution in [-0.4, -0.2) is 17.9 Å². The van der Waals surface area contributed by atoms with Gasteiger partial charge in [0.15, 0.2) is 0 Å². The molecule has 0 radical (unpaired) electrons. The number of allylic oxidation sites excluding steroid dienone is 1. The molecular weight excluding hydrogens is 370 g/mol. The summed E-state index contributed by atoms with van der Waals surface area (Å²) in [5, 5.41) is 0. The van der Waals surface area contributed by atoms with E-state index in [1.54, 1.807) is 7.11 Å². The molecule has 3 rings (SSSR count). The lowest BCUT2D eigenvalue weighted by atomic mass is 9.86. The maximum atomic E-state index is 13.6. The Kier molecular flexibility index (Phi) is 7.45. The van der Waals surface area contributed by atoms with Crippen molar-refractivity contribution < 1.29 is 9.53 Å². The molecule has 0 spiro atoms. The average Bonchev–Trinajstić information content (AvgIpc) is 2.80. The second-order valence-corrected chi connectivity index (χ2v) is 7.49. The van der Waals surface area contributed by atoms with Crippen LogP contribution in [0.3, 0.4) is 0 Å². The smallest absolute Gasteiger partial charge is 0.226 e. The molecule has 154 valence electrons. The minimum atomic E-state index is -0.248. The van der Waals surface area contributed by atoms with Crippen LogP contribution in [0.2, 0.25) is 0 Å². The van der Waals surface area contributed by atoms with Crippen molar-refractivity contribution in [3.8, 4) is 5.75 Å². The van der Waals surface area contributed by atoms with E-state index in [-0.39, 0.29) is 17.7 Å². The van der Waals surface area contributed by atoms with E-state index in [4.69, 9.17) is 4.74 Å². The first kappa shape index (κ1) is 21.4. The van der Waals surface area contributed by atoms with Gasteiger partial charge in [-0.05, 0) is 28.8 Å². The molecule has 2 atom stereocenters. The summed E-state index contributed by atoms with van der Waals surface area (Å²) in [5.74, 6) is 0.545. The summed E-state index contributed by atoms with van der Waals surface area (Å²) in [6.45, 7) is 7.14. The van der Waals surface area contributed by atoms with Gasteiger partial charge >= 0.3 is 0 Å². The molecule has 1 amide bonds. The summed E-state index contributed by atoms with van der Waals surface area (Å²) < 4.78 is 5.37. The van der Waals surface area contributed by atoms with Gasteiger partial charge in [-0.2, -0.15) is 0 Å². The van der Waals surface area contributed by atoms with Crippen molar-refractivity contribution in [2.24, 2.45) is 5.92 Å². The van der Waals surface area contributed by atoms with E-state index in [1.165, 1.54) is 0 Å². The fraction of sp³-hybridized carbons (Fsp3) is 0.222. The van der Waals surface area contributed by atoms with Crippen molar-refractivity contribution in [3.63, 3.8) is 0 Å². The number of benzene rings is 3. The zero-order valence-corrected chi connectivity index (χ0v) is 17.7. The molecule has 0 saturated heterocycles. The molecule has 0 unspecified atom stereocenters. The van der Waals surface area contributed by atoms with Crippen molar-refractivity contribution in [2.75, 3.05) is 7.11 Å². The van der Waals surface area contributed by atoms with E-state index in [0.29, 0.717) is 13.1 Å². The number of hydrogen-bond donors (Lipinski definition) is 0. The first-order valence-corrected chi connectivity index (χ1v) is 10.3. The highest BCUT2D eigenvalue weighted by molar-refractivity contribution is 5.80. The summed E-state index contributed by atoms with van der Waals surface area (Å²) in [6, 6.07) is 28.1. The third-order valence-corrected chi connectivity index (χ3v) is 5.41. The minimum absolute atomic E-state index is 0.0957. The van der Waals surface area contributed by atoms with Gasteiger partial charge in [-0.3, -0.25) is 4.79 Å². The van der Waals surface area contributed by atoms with Gasteiger partial charge in [-0.1, -0.05) is 85.8 Å². The minimum Gasteiger partial charge on any atom is -0.497 e. The van der Waals surface area contributed by atoms with E-state index < -0.39 is 0 Å². The van der Waals surface area contributed by atoms with E-state index in [1.807, 2.05) is 78.6 Å². The second-order valence-electron chi connectivity index (χ2n) is 7.49. The lowest BCUT2D eigenvalue weighted by molar-refractivity contribution is -0.136. The number of carbonyl (C=O) groups is 1. The molecule has 0 fully saturated rings. The van der Waals surface area contributed by atoms with Crippen molar-refractivity contribution in [2.45, 2.75) is 25.9 Å². The summed E-state index contributed by atoms with van der Waals surface area (Å²) in [4.78, 5) is 15.6. The topological polar surface area (TPSA) is 29.5 Å². The van der Waals surface area contributed by atoms with Crippen LogP contribution in [0.25, 0.3) is 0 Å². The van der Waals surface area contributed by atoms with Gasteiger partial charge in [0.2, 0.25) is 5.91 Å². The van der Waals surface area contributed by atoms with Gasteiger partial charge in [0, 0.05) is 24.9 Å². The van der Waals surface area contributed by atoms with Crippen LogP contribution in [0.15, 0.2) is 97.6 Å². The van der Waals surface area contributed by atoms with Crippen molar-refractivity contribution >= 4 is 5.91 Å². The first-order valence-electron chi connectivity index (χ1n) is 10.3. The maximum Gasteiger partial charge on any atom is 0.226 e. The summed E-state index contributed by atoms with van der Waals surface area (Å²) >= 11 is 0.